The van der Waals surface area contributed by atoms with E-state index in [0.29, 0.717) is 12.2 Å². The van der Waals surface area contributed by atoms with E-state index in [2.05, 4.69) is 36.3 Å². The quantitative estimate of drug-likeness (QED) is 0.403. The number of nitrogens with one attached hydrogen (secondary N) is 1. The van der Waals surface area contributed by atoms with Crippen LogP contribution in [0, 0.1) is 6.92 Å². The normalized spacial score (nSPS) is 10.9. The van der Waals surface area contributed by atoms with E-state index in [-0.39, 0.29) is 5.91 Å². The number of anilines is 1. The number of ether oxygens (including phenoxy) is 1. The largest absolute Gasteiger partial charge is 0.494 e. The molecule has 30 heavy (non-hydrogen) atoms. The SMILES string of the molecule is CCCCOc1ccc(C(=O)Nc2ccc(-c3cn4ccc(C)cc4n3)cc2)cc1. The van der Waals surface area contributed by atoms with Crippen LogP contribution in [0.2, 0.25) is 0 Å². The molecule has 4 aromatic rings. The molecule has 1 amide bonds. The van der Waals surface area contributed by atoms with Gasteiger partial charge in [-0.15, -0.1) is 0 Å². The van der Waals surface area contributed by atoms with Gasteiger partial charge in [0.2, 0.25) is 0 Å². The van der Waals surface area contributed by atoms with E-state index < -0.39 is 0 Å². The van der Waals surface area contributed by atoms with Gasteiger partial charge >= 0.3 is 0 Å². The number of hydrogen-bond donors (Lipinski definition) is 1. The zero-order chi connectivity index (χ0) is 20.9. The third kappa shape index (κ3) is 4.51. The molecule has 0 fully saturated rings. The van der Waals surface area contributed by atoms with E-state index in [1.165, 1.54) is 5.56 Å². The Balaban J connectivity index is 1.41. The summed E-state index contributed by atoms with van der Waals surface area (Å²) in [4.78, 5) is 17.2. The Bertz CT molecular complexity index is 1150. The summed E-state index contributed by atoms with van der Waals surface area (Å²) in [5.74, 6) is 0.637. The standard InChI is InChI=1S/C25H25N3O2/c1-3-4-15-30-22-11-7-20(8-12-22)25(29)26-21-9-5-19(6-10-21)23-17-28-14-13-18(2)16-24(28)27-23/h5-14,16-17H,3-4,15H2,1-2H3,(H,26,29). The molecule has 0 saturated carbocycles. The van der Waals surface area contributed by atoms with Crippen molar-refractivity contribution in [1.29, 1.82) is 0 Å². The minimum atomic E-state index is -0.147. The summed E-state index contributed by atoms with van der Waals surface area (Å²) in [6.45, 7) is 4.88. The predicted molar refractivity (Wildman–Crippen MR) is 120 cm³/mol. The van der Waals surface area contributed by atoms with Gasteiger partial charge in [-0.1, -0.05) is 25.5 Å². The Morgan fingerprint density at radius 2 is 1.83 bits per heavy atom. The number of hydrogen-bond acceptors (Lipinski definition) is 3. The van der Waals surface area contributed by atoms with Crippen molar-refractivity contribution in [3.8, 4) is 17.0 Å². The van der Waals surface area contributed by atoms with Gasteiger partial charge in [0.1, 0.15) is 11.4 Å². The lowest BCUT2D eigenvalue weighted by Gasteiger charge is -2.08. The molecule has 4 rings (SSSR count). The van der Waals surface area contributed by atoms with Gasteiger partial charge in [-0.3, -0.25) is 4.79 Å². The number of amides is 1. The van der Waals surface area contributed by atoms with Crippen molar-refractivity contribution < 1.29 is 9.53 Å². The summed E-state index contributed by atoms with van der Waals surface area (Å²) in [6.07, 6.45) is 6.13. The number of carbonyl (C=O) groups is 1. The van der Waals surface area contributed by atoms with Crippen LogP contribution in [0.5, 0.6) is 5.75 Å². The van der Waals surface area contributed by atoms with Gasteiger partial charge in [0.25, 0.3) is 5.91 Å². The van der Waals surface area contributed by atoms with Gasteiger partial charge < -0.3 is 14.5 Å². The third-order valence-electron chi connectivity index (χ3n) is 4.94. The van der Waals surface area contributed by atoms with E-state index in [4.69, 9.17) is 4.74 Å². The molecule has 0 unspecified atom stereocenters. The molecule has 5 nitrogen and oxygen atoms in total. The second-order valence-corrected chi connectivity index (χ2v) is 7.35. The van der Waals surface area contributed by atoms with Gasteiger partial charge in [0.15, 0.2) is 0 Å². The lowest BCUT2D eigenvalue weighted by molar-refractivity contribution is 0.102. The number of aromatic nitrogens is 2. The first-order valence-electron chi connectivity index (χ1n) is 10.2. The molecule has 0 atom stereocenters. The second-order valence-electron chi connectivity index (χ2n) is 7.35. The van der Waals surface area contributed by atoms with Crippen LogP contribution < -0.4 is 10.1 Å². The lowest BCUT2D eigenvalue weighted by Crippen LogP contribution is -2.11. The molecule has 0 saturated heterocycles. The van der Waals surface area contributed by atoms with Gasteiger partial charge in [-0.25, -0.2) is 4.98 Å². The highest BCUT2D eigenvalue weighted by molar-refractivity contribution is 6.04. The van der Waals surface area contributed by atoms with E-state index in [1.54, 1.807) is 12.1 Å². The Hall–Kier alpha value is -3.60. The average Bonchev–Trinajstić information content (AvgIpc) is 3.18. The second kappa shape index (κ2) is 8.82. The number of fused-ring (bicyclic) bond motifs is 1. The highest BCUT2D eigenvalue weighted by atomic mass is 16.5. The van der Waals surface area contributed by atoms with Crippen LogP contribution in [0.1, 0.15) is 35.7 Å². The maximum Gasteiger partial charge on any atom is 0.255 e. The number of nitrogens with zero attached hydrogens (tertiary/aromatic N) is 2. The molecular weight excluding hydrogens is 374 g/mol. The molecule has 1 N–H and O–H groups in total. The number of pyridine rings is 1. The molecule has 0 aliphatic heterocycles. The van der Waals surface area contributed by atoms with Crippen LogP contribution in [0.25, 0.3) is 16.9 Å². The summed E-state index contributed by atoms with van der Waals surface area (Å²) >= 11 is 0. The lowest BCUT2D eigenvalue weighted by atomic mass is 10.1. The molecule has 0 bridgehead atoms. The number of benzene rings is 2. The minimum absolute atomic E-state index is 0.147. The molecule has 0 aliphatic carbocycles. The maximum absolute atomic E-state index is 12.5. The molecule has 2 aromatic heterocycles. The Morgan fingerprint density at radius 3 is 2.57 bits per heavy atom. The molecule has 0 aliphatic rings. The number of imidazole rings is 1. The van der Waals surface area contributed by atoms with Crippen molar-refractivity contribution in [2.75, 3.05) is 11.9 Å². The van der Waals surface area contributed by atoms with Crippen LogP contribution in [0.15, 0.2) is 73.1 Å². The van der Waals surface area contributed by atoms with Crippen molar-refractivity contribution >= 4 is 17.2 Å². The summed E-state index contributed by atoms with van der Waals surface area (Å²) in [5.41, 5.74) is 5.34. The van der Waals surface area contributed by atoms with Crippen LogP contribution in [0.4, 0.5) is 5.69 Å². The zero-order valence-corrected chi connectivity index (χ0v) is 17.3. The summed E-state index contributed by atoms with van der Waals surface area (Å²) in [6, 6.07) is 19.1. The summed E-state index contributed by atoms with van der Waals surface area (Å²) in [7, 11) is 0. The van der Waals surface area contributed by atoms with Crippen LogP contribution in [-0.2, 0) is 0 Å². The number of aryl methyl sites for hydroxylation is 1. The molecule has 2 heterocycles. The average molecular weight is 399 g/mol. The van der Waals surface area contributed by atoms with E-state index in [9.17, 15) is 4.79 Å². The smallest absolute Gasteiger partial charge is 0.255 e. The van der Waals surface area contributed by atoms with E-state index in [1.807, 2.05) is 53.2 Å². The monoisotopic (exact) mass is 399 g/mol. The van der Waals surface area contributed by atoms with Crippen molar-refractivity contribution in [3.63, 3.8) is 0 Å². The van der Waals surface area contributed by atoms with Crippen LogP contribution in [-0.4, -0.2) is 21.9 Å². The Morgan fingerprint density at radius 1 is 1.07 bits per heavy atom. The Labute approximate surface area is 176 Å². The van der Waals surface area contributed by atoms with Crippen LogP contribution >= 0.6 is 0 Å². The topological polar surface area (TPSA) is 55.6 Å². The van der Waals surface area contributed by atoms with Gasteiger partial charge in [-0.2, -0.15) is 0 Å². The Kier molecular flexibility index (Phi) is 5.80. The zero-order valence-electron chi connectivity index (χ0n) is 17.3. The van der Waals surface area contributed by atoms with Crippen LogP contribution in [0.3, 0.4) is 0 Å². The highest BCUT2D eigenvalue weighted by Gasteiger charge is 2.08. The number of unbranched alkanes of at least 4 members (excludes halogenated alkanes) is 1. The molecule has 2 aromatic carbocycles. The fourth-order valence-electron chi connectivity index (χ4n) is 3.19. The van der Waals surface area contributed by atoms with Gasteiger partial charge in [0, 0.05) is 29.2 Å². The van der Waals surface area contributed by atoms with E-state index in [0.717, 1.165) is 41.2 Å². The first kappa shape index (κ1) is 19.7. The summed E-state index contributed by atoms with van der Waals surface area (Å²) in [5, 5.41) is 2.94. The van der Waals surface area contributed by atoms with Crippen molar-refractivity contribution in [2.24, 2.45) is 0 Å². The fraction of sp³-hybridized carbons (Fsp3) is 0.200. The van der Waals surface area contributed by atoms with Gasteiger partial charge in [0.05, 0.1) is 12.3 Å². The highest BCUT2D eigenvalue weighted by Crippen LogP contribution is 2.22. The summed E-state index contributed by atoms with van der Waals surface area (Å²) < 4.78 is 7.65. The predicted octanol–water partition coefficient (Wildman–Crippen LogP) is 5.74. The van der Waals surface area contributed by atoms with Crippen molar-refractivity contribution in [1.82, 2.24) is 9.38 Å². The maximum atomic E-state index is 12.5. The molecular formula is C25H25N3O2. The molecule has 152 valence electrons. The first-order valence-corrected chi connectivity index (χ1v) is 10.2. The molecule has 0 radical (unpaired) electrons. The van der Waals surface area contributed by atoms with Crippen molar-refractivity contribution in [2.45, 2.75) is 26.7 Å². The van der Waals surface area contributed by atoms with E-state index >= 15 is 0 Å². The molecule has 5 heteroatoms. The first-order chi connectivity index (χ1) is 14.6. The van der Waals surface area contributed by atoms with Crippen molar-refractivity contribution in [3.05, 3.63) is 84.2 Å². The number of carbonyl (C=O) groups excluding carboxylic acids is 1. The fourth-order valence-corrected chi connectivity index (χ4v) is 3.19. The number of rotatable bonds is 7. The molecule has 0 spiro atoms. The minimum Gasteiger partial charge on any atom is -0.494 e. The van der Waals surface area contributed by atoms with Gasteiger partial charge in [-0.05, 0) is 67.4 Å². The third-order valence-corrected chi connectivity index (χ3v) is 4.94.